The summed E-state index contributed by atoms with van der Waals surface area (Å²) in [4.78, 5) is 0. The van der Waals surface area contributed by atoms with E-state index >= 15 is 0 Å². The molecule has 0 amide bonds. The van der Waals surface area contributed by atoms with Gasteiger partial charge in [0.05, 0.1) is 0 Å². The Hall–Kier alpha value is 0.0517. The SMILES string of the molecule is CC(C)(C)[N-]/C=C\[N-]C(C)(C)C.CCN(CC)[SiH]1N(C(C)(C)C)C=CN1C(C)(C)C.[Li+].[Li+]. The minimum absolute atomic E-state index is 0. The molecule has 0 aliphatic carbocycles. The Kier molecular flexibility index (Phi) is 16.5. The maximum atomic E-state index is 4.29. The molecule has 0 bridgehead atoms. The molecule has 0 saturated carbocycles. The summed E-state index contributed by atoms with van der Waals surface area (Å²) in [7, 11) is -1.29. The Morgan fingerprint density at radius 2 is 0.938 bits per heavy atom. The largest absolute Gasteiger partial charge is 1.00 e. The van der Waals surface area contributed by atoms with Crippen molar-refractivity contribution in [1.82, 2.24) is 13.7 Å². The monoisotopic (exact) mass is 451 g/mol. The molecule has 0 aromatic rings. The van der Waals surface area contributed by atoms with Gasteiger partial charge in [0.1, 0.15) is 0 Å². The van der Waals surface area contributed by atoms with Crippen molar-refractivity contribution in [2.24, 2.45) is 0 Å². The summed E-state index contributed by atoms with van der Waals surface area (Å²) in [6.07, 6.45) is 8.15. The molecule has 5 nitrogen and oxygen atoms in total. The second kappa shape index (κ2) is 14.5. The summed E-state index contributed by atoms with van der Waals surface area (Å²) in [6, 6.07) is 0. The first-order valence-corrected chi connectivity index (χ1v) is 13.0. The quantitative estimate of drug-likeness (QED) is 0.573. The molecule has 0 radical (unpaired) electrons. The molecule has 0 spiro atoms. The van der Waals surface area contributed by atoms with E-state index in [1.165, 1.54) is 0 Å². The molecule has 0 aromatic carbocycles. The minimum atomic E-state index is -1.29. The van der Waals surface area contributed by atoms with Crippen LogP contribution in [0.4, 0.5) is 0 Å². The van der Waals surface area contributed by atoms with Crippen molar-refractivity contribution in [3.8, 4) is 0 Å². The van der Waals surface area contributed by atoms with Crippen LogP contribution in [0.15, 0.2) is 24.8 Å². The summed E-state index contributed by atoms with van der Waals surface area (Å²) >= 11 is 0. The fourth-order valence-corrected chi connectivity index (χ4v) is 6.46. The van der Waals surface area contributed by atoms with Crippen LogP contribution in [0.25, 0.3) is 10.6 Å². The second-order valence-corrected chi connectivity index (χ2v) is 14.5. The van der Waals surface area contributed by atoms with Gasteiger partial charge in [0.25, 0.3) is 0 Å². The van der Waals surface area contributed by atoms with E-state index in [0.29, 0.717) is 0 Å². The summed E-state index contributed by atoms with van der Waals surface area (Å²) in [5.41, 5.74) is 0.416. The zero-order chi connectivity index (χ0) is 24.0. The molecule has 1 aliphatic heterocycles. The van der Waals surface area contributed by atoms with E-state index < -0.39 is 9.28 Å². The molecule has 178 valence electrons. The molecule has 32 heavy (non-hydrogen) atoms. The van der Waals surface area contributed by atoms with E-state index in [1.54, 1.807) is 12.4 Å². The van der Waals surface area contributed by atoms with E-state index in [1.807, 2.05) is 0 Å². The Morgan fingerprint density at radius 1 is 0.656 bits per heavy atom. The summed E-state index contributed by atoms with van der Waals surface area (Å²) in [5, 5.41) is 8.57. The Morgan fingerprint density at radius 3 is 1.12 bits per heavy atom. The maximum absolute atomic E-state index is 4.29. The van der Waals surface area contributed by atoms with E-state index in [4.69, 9.17) is 0 Å². The van der Waals surface area contributed by atoms with Crippen LogP contribution in [0.3, 0.4) is 0 Å². The zero-order valence-corrected chi connectivity index (χ0v) is 25.7. The first-order chi connectivity index (χ1) is 13.3. The van der Waals surface area contributed by atoms with Crippen LogP contribution in [0.5, 0.6) is 0 Å². The van der Waals surface area contributed by atoms with E-state index in [-0.39, 0.29) is 59.9 Å². The molecule has 0 atom stereocenters. The topological polar surface area (TPSA) is 37.9 Å². The molecule has 0 N–H and O–H groups in total. The third-order valence-electron chi connectivity index (χ3n) is 4.56. The van der Waals surface area contributed by atoms with Crippen LogP contribution in [-0.2, 0) is 0 Å². The van der Waals surface area contributed by atoms with E-state index in [0.717, 1.165) is 13.1 Å². The zero-order valence-electron chi connectivity index (χ0n) is 24.5. The fraction of sp³-hybridized carbons (Fsp3) is 0.833. The second-order valence-electron chi connectivity index (χ2n) is 11.9. The number of hydrogen-bond donors (Lipinski definition) is 0. The average Bonchev–Trinajstić information content (AvgIpc) is 2.97. The van der Waals surface area contributed by atoms with Gasteiger partial charge in [-0.2, -0.15) is 0 Å². The van der Waals surface area contributed by atoms with Crippen molar-refractivity contribution >= 4 is 9.28 Å². The number of hydrogen-bond acceptors (Lipinski definition) is 3. The number of nitrogens with zero attached hydrogens (tertiary/aromatic N) is 5. The fourth-order valence-electron chi connectivity index (χ4n) is 2.99. The van der Waals surface area contributed by atoms with Crippen molar-refractivity contribution < 1.29 is 37.7 Å². The normalized spacial score (nSPS) is 15.3. The van der Waals surface area contributed by atoms with Crippen LogP contribution in [-0.4, -0.2) is 58.2 Å². The van der Waals surface area contributed by atoms with Gasteiger partial charge in [0, 0.05) is 23.5 Å². The Labute approximate surface area is 227 Å². The third kappa shape index (κ3) is 14.3. The number of rotatable bonds is 5. The van der Waals surface area contributed by atoms with Gasteiger partial charge < -0.3 is 19.8 Å². The van der Waals surface area contributed by atoms with Crippen LogP contribution in [0.2, 0.25) is 0 Å². The standard InChI is InChI=1S/C14H31N3Si.C10H20N2.2Li/c1-9-15(10-2)18-16(13(3,4)5)11-12-17(18)14(6,7)8;1-9(2,3)11-7-8-12-10(4,5)6;;/h11-12,18H,9-10H2,1-8H3;7-8H,1-6H3;;/q;-2;2*+1/b;8-7-;;. The van der Waals surface area contributed by atoms with Gasteiger partial charge in [-0.15, -0.1) is 11.1 Å². The van der Waals surface area contributed by atoms with Crippen LogP contribution in [0.1, 0.15) is 96.9 Å². The van der Waals surface area contributed by atoms with Crippen LogP contribution < -0.4 is 37.7 Å². The first kappa shape index (κ1) is 36.6. The average molecular weight is 452 g/mol. The van der Waals surface area contributed by atoms with E-state index in [9.17, 15) is 0 Å². The summed E-state index contributed by atoms with van der Waals surface area (Å²) in [6.45, 7) is 33.1. The van der Waals surface area contributed by atoms with Gasteiger partial charge in [0.2, 0.25) is 0 Å². The van der Waals surface area contributed by atoms with Gasteiger partial charge in [-0.05, 0) is 54.6 Å². The van der Waals surface area contributed by atoms with Gasteiger partial charge in [0.15, 0.2) is 0 Å². The molecule has 8 heteroatoms. The molecule has 0 aromatic heterocycles. The molecule has 0 fully saturated rings. The molecule has 1 rings (SSSR count). The molecule has 1 aliphatic rings. The predicted octanol–water partition coefficient (Wildman–Crippen LogP) is 0.541. The summed E-state index contributed by atoms with van der Waals surface area (Å²) < 4.78 is 7.85. The van der Waals surface area contributed by atoms with Gasteiger partial charge >= 0.3 is 47.0 Å². The maximum Gasteiger partial charge on any atom is 1.00 e. The van der Waals surface area contributed by atoms with Crippen LogP contribution >= 0.6 is 0 Å². The Balaban J connectivity index is -0.000000532. The van der Waals surface area contributed by atoms with Crippen molar-refractivity contribution in [1.29, 1.82) is 0 Å². The smallest absolute Gasteiger partial charge is 0.687 e. The third-order valence-corrected chi connectivity index (χ3v) is 8.84. The van der Waals surface area contributed by atoms with E-state index in [2.05, 4.69) is 134 Å². The first-order valence-electron chi connectivity index (χ1n) is 11.4. The Bertz CT molecular complexity index is 509. The van der Waals surface area contributed by atoms with Crippen molar-refractivity contribution in [3.05, 3.63) is 35.4 Å². The van der Waals surface area contributed by atoms with Crippen molar-refractivity contribution in [2.75, 3.05) is 13.1 Å². The summed E-state index contributed by atoms with van der Waals surface area (Å²) in [5.74, 6) is 0. The van der Waals surface area contributed by atoms with Crippen molar-refractivity contribution in [2.45, 2.75) is 119 Å². The van der Waals surface area contributed by atoms with Gasteiger partial charge in [-0.1, -0.05) is 55.4 Å². The molecule has 1 heterocycles. The predicted molar refractivity (Wildman–Crippen MR) is 138 cm³/mol. The minimum Gasteiger partial charge on any atom is -0.687 e. The van der Waals surface area contributed by atoms with Gasteiger partial charge in [-0.25, -0.2) is 12.4 Å². The van der Waals surface area contributed by atoms with Gasteiger partial charge in [-0.3, -0.25) is 4.57 Å². The molecule has 0 saturated heterocycles. The van der Waals surface area contributed by atoms with Crippen molar-refractivity contribution in [3.63, 3.8) is 0 Å². The molecular weight excluding hydrogens is 400 g/mol. The molecular formula is C24H51Li2N5Si. The van der Waals surface area contributed by atoms with Crippen LogP contribution in [0, 0.1) is 0 Å². The molecule has 0 unspecified atom stereocenters.